The molecule has 0 spiro atoms. The predicted molar refractivity (Wildman–Crippen MR) is 66.0 cm³/mol. The topological polar surface area (TPSA) is 89.7 Å². The fourth-order valence-corrected chi connectivity index (χ4v) is 2.69. The van der Waals surface area contributed by atoms with Crippen LogP contribution in [0.4, 0.5) is 5.69 Å². The lowest BCUT2D eigenvalue weighted by Gasteiger charge is -2.17. The van der Waals surface area contributed by atoms with Crippen LogP contribution in [0.5, 0.6) is 5.75 Å². The van der Waals surface area contributed by atoms with Crippen LogP contribution in [0.1, 0.15) is 12.8 Å². The minimum Gasteiger partial charge on any atom is -0.495 e. The number of methoxy groups -OCH3 is 1. The fourth-order valence-electron chi connectivity index (χ4n) is 1.98. The van der Waals surface area contributed by atoms with Crippen LogP contribution < -0.4 is 14.8 Å². The molecule has 1 aliphatic rings. The van der Waals surface area contributed by atoms with Crippen molar-refractivity contribution in [2.45, 2.75) is 17.7 Å². The van der Waals surface area contributed by atoms with Crippen LogP contribution in [0.2, 0.25) is 0 Å². The summed E-state index contributed by atoms with van der Waals surface area (Å²) in [7, 11) is -2.51. The second-order valence-electron chi connectivity index (χ2n) is 4.03. The number of sulfonamides is 1. The molecule has 0 unspecified atom stereocenters. The van der Waals surface area contributed by atoms with Gasteiger partial charge in [-0.15, -0.1) is 0 Å². The average molecular weight is 270 g/mol. The highest BCUT2D eigenvalue weighted by atomic mass is 32.2. The number of nitrogens with zero attached hydrogens (tertiary/aromatic N) is 1. The van der Waals surface area contributed by atoms with Gasteiger partial charge < -0.3 is 9.64 Å². The highest BCUT2D eigenvalue weighted by Gasteiger charge is 2.24. The van der Waals surface area contributed by atoms with E-state index in [1.807, 2.05) is 0 Å². The fraction of sp³-hybridized carbons (Fsp3) is 0.364. The van der Waals surface area contributed by atoms with Crippen LogP contribution in [-0.2, 0) is 14.8 Å². The summed E-state index contributed by atoms with van der Waals surface area (Å²) in [6, 6.07) is 4.52. The van der Waals surface area contributed by atoms with Gasteiger partial charge >= 0.3 is 0 Å². The zero-order valence-corrected chi connectivity index (χ0v) is 10.7. The van der Waals surface area contributed by atoms with Gasteiger partial charge in [-0.1, -0.05) is 0 Å². The maximum absolute atomic E-state index is 11.6. The molecule has 2 N–H and O–H groups in total. The molecule has 18 heavy (non-hydrogen) atoms. The summed E-state index contributed by atoms with van der Waals surface area (Å²) in [5.74, 6) is 0.161. The van der Waals surface area contributed by atoms with Crippen LogP contribution >= 0.6 is 0 Å². The minimum absolute atomic E-state index is 0.0134. The summed E-state index contributed by atoms with van der Waals surface area (Å²) < 4.78 is 27.9. The molecule has 1 fully saturated rings. The van der Waals surface area contributed by atoms with Gasteiger partial charge in [-0.05, 0) is 24.6 Å². The molecule has 0 saturated carbocycles. The van der Waals surface area contributed by atoms with Gasteiger partial charge in [0.2, 0.25) is 15.9 Å². The molecule has 2 rings (SSSR count). The first kappa shape index (κ1) is 12.8. The van der Waals surface area contributed by atoms with Crippen LogP contribution in [0, 0.1) is 0 Å². The number of primary sulfonamides is 1. The van der Waals surface area contributed by atoms with Crippen molar-refractivity contribution in [2.24, 2.45) is 5.14 Å². The number of nitrogens with two attached hydrogens (primary N) is 1. The number of amides is 1. The van der Waals surface area contributed by atoms with Gasteiger partial charge in [0, 0.05) is 18.7 Å². The highest BCUT2D eigenvalue weighted by Crippen LogP contribution is 2.30. The second kappa shape index (κ2) is 4.58. The van der Waals surface area contributed by atoms with E-state index in [0.29, 0.717) is 18.7 Å². The molecule has 0 bridgehead atoms. The van der Waals surface area contributed by atoms with E-state index in [2.05, 4.69) is 0 Å². The Morgan fingerprint density at radius 2 is 2.11 bits per heavy atom. The molecule has 1 saturated heterocycles. The van der Waals surface area contributed by atoms with E-state index in [0.717, 1.165) is 6.42 Å². The van der Waals surface area contributed by atoms with Gasteiger partial charge in [-0.3, -0.25) is 4.79 Å². The molecule has 0 atom stereocenters. The molecule has 98 valence electrons. The van der Waals surface area contributed by atoms with Gasteiger partial charge in [0.25, 0.3) is 0 Å². The van der Waals surface area contributed by atoms with Crippen molar-refractivity contribution in [3.63, 3.8) is 0 Å². The number of carbonyl (C=O) groups is 1. The number of anilines is 1. The molecule has 1 aliphatic heterocycles. The summed E-state index contributed by atoms with van der Waals surface area (Å²) in [4.78, 5) is 13.0. The number of hydrogen-bond donors (Lipinski definition) is 1. The van der Waals surface area contributed by atoms with Crippen molar-refractivity contribution in [3.8, 4) is 5.75 Å². The Kier molecular flexibility index (Phi) is 3.27. The predicted octanol–water partition coefficient (Wildman–Crippen LogP) is 0.469. The first-order chi connectivity index (χ1) is 8.43. The molecule has 0 aromatic heterocycles. The van der Waals surface area contributed by atoms with E-state index in [1.165, 1.54) is 19.2 Å². The first-order valence-electron chi connectivity index (χ1n) is 5.44. The van der Waals surface area contributed by atoms with Crippen molar-refractivity contribution in [1.29, 1.82) is 0 Å². The van der Waals surface area contributed by atoms with Crippen molar-refractivity contribution in [2.75, 3.05) is 18.6 Å². The summed E-state index contributed by atoms with van der Waals surface area (Å²) in [6.45, 7) is 0.592. The van der Waals surface area contributed by atoms with Crippen molar-refractivity contribution in [1.82, 2.24) is 0 Å². The average Bonchev–Trinajstić information content (AvgIpc) is 2.73. The van der Waals surface area contributed by atoms with E-state index in [-0.39, 0.29) is 16.6 Å². The zero-order chi connectivity index (χ0) is 13.3. The van der Waals surface area contributed by atoms with Crippen LogP contribution in [0.25, 0.3) is 0 Å². The highest BCUT2D eigenvalue weighted by molar-refractivity contribution is 7.89. The van der Waals surface area contributed by atoms with Crippen molar-refractivity contribution in [3.05, 3.63) is 18.2 Å². The second-order valence-corrected chi connectivity index (χ2v) is 5.56. The SMILES string of the molecule is COc1ccc(N2CCCC2=O)cc1S(N)(=O)=O. The molecule has 0 radical (unpaired) electrons. The lowest BCUT2D eigenvalue weighted by atomic mass is 10.3. The van der Waals surface area contributed by atoms with E-state index in [4.69, 9.17) is 9.88 Å². The molecule has 1 aromatic rings. The van der Waals surface area contributed by atoms with Gasteiger partial charge in [-0.25, -0.2) is 13.6 Å². The maximum Gasteiger partial charge on any atom is 0.241 e. The van der Waals surface area contributed by atoms with Gasteiger partial charge in [-0.2, -0.15) is 0 Å². The largest absolute Gasteiger partial charge is 0.495 e. The Hall–Kier alpha value is -1.60. The Morgan fingerprint density at radius 3 is 2.61 bits per heavy atom. The molecule has 0 aliphatic carbocycles. The Morgan fingerprint density at radius 1 is 1.39 bits per heavy atom. The monoisotopic (exact) mass is 270 g/mol. The Bertz CT molecular complexity index is 583. The lowest BCUT2D eigenvalue weighted by Crippen LogP contribution is -2.24. The Labute approximate surface area is 105 Å². The summed E-state index contributed by atoms with van der Waals surface area (Å²) in [5.41, 5.74) is 0.530. The zero-order valence-electron chi connectivity index (χ0n) is 9.92. The number of ether oxygens (including phenoxy) is 1. The third-order valence-corrected chi connectivity index (χ3v) is 3.77. The molecule has 1 amide bonds. The maximum atomic E-state index is 11.6. The smallest absolute Gasteiger partial charge is 0.241 e. The van der Waals surface area contributed by atoms with Gasteiger partial charge in [0.1, 0.15) is 10.6 Å². The van der Waals surface area contributed by atoms with Crippen LogP contribution in [0.15, 0.2) is 23.1 Å². The first-order valence-corrected chi connectivity index (χ1v) is 6.99. The number of hydrogen-bond acceptors (Lipinski definition) is 4. The third-order valence-electron chi connectivity index (χ3n) is 2.84. The normalized spacial score (nSPS) is 16.1. The molecular formula is C11H14N2O4S. The van der Waals surface area contributed by atoms with E-state index < -0.39 is 10.0 Å². The van der Waals surface area contributed by atoms with Crippen molar-refractivity contribution < 1.29 is 17.9 Å². The van der Waals surface area contributed by atoms with E-state index in [1.54, 1.807) is 11.0 Å². The van der Waals surface area contributed by atoms with E-state index >= 15 is 0 Å². The van der Waals surface area contributed by atoms with Gasteiger partial charge in [0.15, 0.2) is 0 Å². The molecule has 1 heterocycles. The molecule has 6 nitrogen and oxygen atoms in total. The number of benzene rings is 1. The van der Waals surface area contributed by atoms with Crippen LogP contribution in [-0.4, -0.2) is 28.0 Å². The molecule has 7 heteroatoms. The van der Waals surface area contributed by atoms with E-state index in [9.17, 15) is 13.2 Å². The standard InChI is InChI=1S/C11H14N2O4S/c1-17-9-5-4-8(7-10(9)18(12,15)16)13-6-2-3-11(13)14/h4-5,7H,2-3,6H2,1H3,(H2,12,15,16). The van der Waals surface area contributed by atoms with Crippen molar-refractivity contribution >= 4 is 21.6 Å². The quantitative estimate of drug-likeness (QED) is 0.864. The minimum atomic E-state index is -3.88. The lowest BCUT2D eigenvalue weighted by molar-refractivity contribution is -0.117. The summed E-state index contributed by atoms with van der Waals surface area (Å²) >= 11 is 0. The summed E-state index contributed by atoms with van der Waals surface area (Å²) in [5, 5.41) is 5.12. The summed E-state index contributed by atoms with van der Waals surface area (Å²) in [6.07, 6.45) is 1.26. The molecule has 1 aromatic carbocycles. The van der Waals surface area contributed by atoms with Gasteiger partial charge in [0.05, 0.1) is 7.11 Å². The third kappa shape index (κ3) is 2.32. The Balaban J connectivity index is 2.49. The number of carbonyl (C=O) groups excluding carboxylic acids is 1. The molecular weight excluding hydrogens is 256 g/mol. The number of rotatable bonds is 3. The van der Waals surface area contributed by atoms with Crippen LogP contribution in [0.3, 0.4) is 0 Å².